The maximum atomic E-state index is 11.4. The van der Waals surface area contributed by atoms with Gasteiger partial charge < -0.3 is 10.2 Å². The number of carboxylic acids is 2. The van der Waals surface area contributed by atoms with Gasteiger partial charge in [0.1, 0.15) is 0 Å². The summed E-state index contributed by atoms with van der Waals surface area (Å²) < 4.78 is 0. The van der Waals surface area contributed by atoms with Crippen LogP contribution in [-0.2, 0) is 0 Å². The second kappa shape index (κ2) is 5.99. The summed E-state index contributed by atoms with van der Waals surface area (Å²) in [7, 11) is 0. The van der Waals surface area contributed by atoms with Crippen molar-refractivity contribution in [2.45, 2.75) is 25.8 Å². The molecule has 0 saturated carbocycles. The third kappa shape index (κ3) is 3.10. The van der Waals surface area contributed by atoms with E-state index in [1.807, 2.05) is 0 Å². The topological polar surface area (TPSA) is 131 Å². The molecule has 0 amide bonds. The summed E-state index contributed by atoms with van der Waals surface area (Å²) in [5, 5.41) is 29.2. The van der Waals surface area contributed by atoms with Crippen molar-refractivity contribution >= 4 is 11.9 Å². The van der Waals surface area contributed by atoms with Gasteiger partial charge in [-0.05, 0) is 32.1 Å². The van der Waals surface area contributed by atoms with Crippen LogP contribution < -0.4 is 0 Å². The lowest BCUT2D eigenvalue weighted by Gasteiger charge is -2.24. The minimum absolute atomic E-state index is 0.173. The maximum Gasteiger partial charge on any atom is 0.337 e. The summed E-state index contributed by atoms with van der Waals surface area (Å²) in [6, 6.07) is 0.0884. The Morgan fingerprint density at radius 3 is 2.17 bits per heavy atom. The van der Waals surface area contributed by atoms with Crippen LogP contribution in [0.3, 0.4) is 0 Å². The van der Waals surface area contributed by atoms with Gasteiger partial charge in [0.25, 0.3) is 0 Å². The van der Waals surface area contributed by atoms with Crippen LogP contribution in [0.5, 0.6) is 0 Å². The van der Waals surface area contributed by atoms with E-state index in [1.165, 1.54) is 12.2 Å². The smallest absolute Gasteiger partial charge is 0.337 e. The van der Waals surface area contributed by atoms with Crippen LogP contribution in [0.4, 0.5) is 0 Å². The highest BCUT2D eigenvalue weighted by Crippen LogP contribution is 2.36. The van der Waals surface area contributed by atoms with E-state index in [9.17, 15) is 24.8 Å². The molecule has 0 spiro atoms. The zero-order valence-electron chi connectivity index (χ0n) is 12.4. The van der Waals surface area contributed by atoms with Gasteiger partial charge in [-0.15, -0.1) is 0 Å². The first-order chi connectivity index (χ1) is 10.7. The molecule has 0 aromatic carbocycles. The van der Waals surface area contributed by atoms with Crippen molar-refractivity contribution in [3.8, 4) is 0 Å². The van der Waals surface area contributed by atoms with E-state index in [1.54, 1.807) is 13.8 Å². The Hall–Kier alpha value is -3.03. The number of aromatic carboxylic acids is 2. The van der Waals surface area contributed by atoms with Crippen molar-refractivity contribution in [3.63, 3.8) is 0 Å². The van der Waals surface area contributed by atoms with Crippen LogP contribution in [0, 0.1) is 10.1 Å². The standard InChI is InChI=1S/C15H14N2O6/c1-7-3-10(17(22)23)4-8(2)12(7)13-11(15(20)21)5-9(6-16-13)14(18)19/h3-6,10,12H,1-2H3,(H,18,19)(H,20,21). The van der Waals surface area contributed by atoms with E-state index in [4.69, 9.17) is 5.11 Å². The predicted octanol–water partition coefficient (Wildman–Crippen LogP) is 2.11. The molecule has 2 rings (SSSR count). The molecule has 0 fully saturated rings. The quantitative estimate of drug-likeness (QED) is 0.493. The fourth-order valence-electron chi connectivity index (χ4n) is 2.69. The Morgan fingerprint density at radius 2 is 1.74 bits per heavy atom. The summed E-state index contributed by atoms with van der Waals surface area (Å²) in [5.74, 6) is -3.10. The highest BCUT2D eigenvalue weighted by atomic mass is 16.6. The molecule has 2 N–H and O–H groups in total. The van der Waals surface area contributed by atoms with Crippen molar-refractivity contribution in [2.24, 2.45) is 0 Å². The molecule has 1 heterocycles. The minimum Gasteiger partial charge on any atom is -0.478 e. The second-order valence-corrected chi connectivity index (χ2v) is 5.30. The monoisotopic (exact) mass is 318 g/mol. The van der Waals surface area contributed by atoms with E-state index < -0.39 is 28.8 Å². The van der Waals surface area contributed by atoms with Gasteiger partial charge in [-0.1, -0.05) is 11.1 Å². The SMILES string of the molecule is CC1=CC([N+](=O)[O-])C=C(C)C1c1ncc(C(=O)O)cc1C(=O)O. The molecule has 0 radical (unpaired) electrons. The summed E-state index contributed by atoms with van der Waals surface area (Å²) in [5.41, 5.74) is 0.921. The summed E-state index contributed by atoms with van der Waals surface area (Å²) in [4.78, 5) is 36.9. The molecule has 1 aliphatic rings. The fraction of sp³-hybridized carbons (Fsp3) is 0.267. The number of carbonyl (C=O) groups is 2. The number of hydrogen-bond acceptors (Lipinski definition) is 5. The molecule has 0 unspecified atom stereocenters. The first-order valence-electron chi connectivity index (χ1n) is 6.69. The van der Waals surface area contributed by atoms with Gasteiger partial charge >= 0.3 is 11.9 Å². The molecule has 1 aromatic rings. The number of allylic oxidation sites excluding steroid dienone is 2. The van der Waals surface area contributed by atoms with Crippen LogP contribution in [0.1, 0.15) is 46.2 Å². The van der Waals surface area contributed by atoms with E-state index in [-0.39, 0.29) is 16.8 Å². The number of aromatic nitrogens is 1. The summed E-state index contributed by atoms with van der Waals surface area (Å²) >= 11 is 0. The number of nitrogens with zero attached hydrogens (tertiary/aromatic N) is 2. The minimum atomic E-state index is -1.30. The molecular weight excluding hydrogens is 304 g/mol. The molecular formula is C15H14N2O6. The molecule has 120 valence electrons. The first kappa shape index (κ1) is 16.3. The normalized spacial score (nSPS) is 20.4. The van der Waals surface area contributed by atoms with Gasteiger partial charge in [-0.2, -0.15) is 0 Å². The van der Waals surface area contributed by atoms with E-state index >= 15 is 0 Å². The third-order valence-electron chi connectivity index (χ3n) is 3.69. The van der Waals surface area contributed by atoms with Crippen LogP contribution in [-0.4, -0.2) is 38.1 Å². The lowest BCUT2D eigenvalue weighted by molar-refractivity contribution is -0.497. The largest absolute Gasteiger partial charge is 0.478 e. The van der Waals surface area contributed by atoms with Crippen molar-refractivity contribution in [2.75, 3.05) is 0 Å². The third-order valence-corrected chi connectivity index (χ3v) is 3.69. The maximum absolute atomic E-state index is 11.4. The Labute approximate surface area is 130 Å². The zero-order chi connectivity index (χ0) is 17.3. The molecule has 0 bridgehead atoms. The molecule has 23 heavy (non-hydrogen) atoms. The van der Waals surface area contributed by atoms with E-state index in [0.717, 1.165) is 12.3 Å². The van der Waals surface area contributed by atoms with E-state index in [2.05, 4.69) is 4.98 Å². The van der Waals surface area contributed by atoms with Crippen LogP contribution >= 0.6 is 0 Å². The zero-order valence-corrected chi connectivity index (χ0v) is 12.4. The predicted molar refractivity (Wildman–Crippen MR) is 79.2 cm³/mol. The average Bonchev–Trinajstić information content (AvgIpc) is 2.46. The summed E-state index contributed by atoms with van der Waals surface area (Å²) in [6.07, 6.45) is 3.97. The Morgan fingerprint density at radius 1 is 1.17 bits per heavy atom. The Bertz CT molecular complexity index is 745. The summed E-state index contributed by atoms with van der Waals surface area (Å²) in [6.45, 7) is 3.33. The van der Waals surface area contributed by atoms with E-state index in [0.29, 0.717) is 11.1 Å². The molecule has 8 nitrogen and oxygen atoms in total. The van der Waals surface area contributed by atoms with Crippen molar-refractivity contribution in [1.29, 1.82) is 0 Å². The highest BCUT2D eigenvalue weighted by Gasteiger charge is 2.30. The fourth-order valence-corrected chi connectivity index (χ4v) is 2.69. The Balaban J connectivity index is 2.56. The molecule has 0 atom stereocenters. The van der Waals surface area contributed by atoms with Gasteiger partial charge in [-0.3, -0.25) is 15.1 Å². The van der Waals surface area contributed by atoms with Gasteiger partial charge in [0, 0.05) is 17.0 Å². The number of hydrogen-bond donors (Lipinski definition) is 2. The van der Waals surface area contributed by atoms with Crippen LogP contribution in [0.25, 0.3) is 0 Å². The molecule has 0 saturated heterocycles. The van der Waals surface area contributed by atoms with Crippen molar-refractivity contribution < 1.29 is 24.7 Å². The van der Waals surface area contributed by atoms with Gasteiger partial charge in [0.2, 0.25) is 6.04 Å². The van der Waals surface area contributed by atoms with Gasteiger partial charge in [0.15, 0.2) is 0 Å². The van der Waals surface area contributed by atoms with Gasteiger partial charge in [-0.25, -0.2) is 9.59 Å². The molecule has 0 aliphatic heterocycles. The molecule has 8 heteroatoms. The lowest BCUT2D eigenvalue weighted by Crippen LogP contribution is -2.23. The average molecular weight is 318 g/mol. The lowest BCUT2D eigenvalue weighted by atomic mass is 9.82. The number of nitro groups is 1. The van der Waals surface area contributed by atoms with Gasteiger partial charge in [0.05, 0.1) is 16.8 Å². The first-order valence-corrected chi connectivity index (χ1v) is 6.69. The number of carboxylic acid groups (broad SMARTS) is 2. The second-order valence-electron chi connectivity index (χ2n) is 5.30. The Kier molecular flexibility index (Phi) is 4.26. The van der Waals surface area contributed by atoms with Crippen LogP contribution in [0.2, 0.25) is 0 Å². The highest BCUT2D eigenvalue weighted by molar-refractivity contribution is 5.94. The number of pyridine rings is 1. The molecule has 1 aliphatic carbocycles. The molecule has 1 aromatic heterocycles. The van der Waals surface area contributed by atoms with Crippen molar-refractivity contribution in [1.82, 2.24) is 4.98 Å². The number of rotatable bonds is 4. The van der Waals surface area contributed by atoms with Crippen molar-refractivity contribution in [3.05, 3.63) is 62.5 Å². The van der Waals surface area contributed by atoms with Crippen LogP contribution in [0.15, 0.2) is 35.6 Å².